The Balaban J connectivity index is 3.05. The molecule has 0 aliphatic heterocycles. The van der Waals surface area contributed by atoms with E-state index in [2.05, 4.69) is 4.74 Å². The first-order valence-corrected chi connectivity index (χ1v) is 3.70. The highest BCUT2D eigenvalue weighted by molar-refractivity contribution is 6.01. The van der Waals surface area contributed by atoms with Gasteiger partial charge in [-0.25, -0.2) is 0 Å². The fraction of sp³-hybridized carbons (Fsp3) is 0.222. The number of phenols is 2. The van der Waals surface area contributed by atoms with Crippen LogP contribution >= 0.6 is 0 Å². The second kappa shape index (κ2) is 3.91. The summed E-state index contributed by atoms with van der Waals surface area (Å²) in [5.74, 6) is -0.915. The van der Waals surface area contributed by atoms with E-state index in [1.54, 1.807) is 0 Å². The molecule has 0 aliphatic carbocycles. The Morgan fingerprint density at radius 1 is 1.38 bits per heavy atom. The summed E-state index contributed by atoms with van der Waals surface area (Å²) >= 11 is 0. The van der Waals surface area contributed by atoms with E-state index in [4.69, 9.17) is 0 Å². The van der Waals surface area contributed by atoms with Crippen molar-refractivity contribution in [2.75, 3.05) is 13.7 Å². The molecule has 0 fully saturated rings. The predicted octanol–water partition coefficient (Wildman–Crippen LogP) is 0.927. The van der Waals surface area contributed by atoms with Crippen molar-refractivity contribution < 1.29 is 19.7 Å². The molecule has 0 saturated carbocycles. The van der Waals surface area contributed by atoms with Gasteiger partial charge in [0.1, 0.15) is 23.7 Å². The van der Waals surface area contributed by atoms with Crippen LogP contribution in [0.4, 0.5) is 0 Å². The average Bonchev–Trinajstić information content (AvgIpc) is 2.04. The van der Waals surface area contributed by atoms with Gasteiger partial charge >= 0.3 is 0 Å². The lowest BCUT2D eigenvalue weighted by molar-refractivity contribution is 0.0842. The maximum absolute atomic E-state index is 11.2. The van der Waals surface area contributed by atoms with Crippen molar-refractivity contribution in [2.24, 2.45) is 0 Å². The van der Waals surface area contributed by atoms with Crippen LogP contribution in [0.25, 0.3) is 0 Å². The summed E-state index contributed by atoms with van der Waals surface area (Å²) in [5, 5.41) is 18.5. The second-order valence-corrected chi connectivity index (χ2v) is 2.53. The minimum atomic E-state index is -0.446. The van der Waals surface area contributed by atoms with Crippen LogP contribution in [0.15, 0.2) is 18.2 Å². The van der Waals surface area contributed by atoms with Crippen LogP contribution in [0.3, 0.4) is 0 Å². The molecule has 0 spiro atoms. The monoisotopic (exact) mass is 182 g/mol. The number of ketones is 1. The molecule has 4 nitrogen and oxygen atoms in total. The van der Waals surface area contributed by atoms with E-state index in [0.29, 0.717) is 0 Å². The van der Waals surface area contributed by atoms with Gasteiger partial charge in [-0.15, -0.1) is 0 Å². The summed E-state index contributed by atoms with van der Waals surface area (Å²) in [4.78, 5) is 11.2. The number of rotatable bonds is 3. The molecule has 0 heterocycles. The number of carbonyl (C=O) groups excluding carboxylic acids is 1. The van der Waals surface area contributed by atoms with Gasteiger partial charge in [-0.3, -0.25) is 4.79 Å². The smallest absolute Gasteiger partial charge is 0.195 e. The Bertz CT molecular complexity index is 299. The summed E-state index contributed by atoms with van der Waals surface area (Å²) in [7, 11) is 1.37. The molecule has 0 unspecified atom stereocenters. The van der Waals surface area contributed by atoms with Crippen molar-refractivity contribution in [1.29, 1.82) is 0 Å². The molecule has 1 aromatic carbocycles. The van der Waals surface area contributed by atoms with Crippen molar-refractivity contribution >= 4 is 5.78 Å². The predicted molar refractivity (Wildman–Crippen MR) is 46.0 cm³/mol. The van der Waals surface area contributed by atoms with Crippen LogP contribution in [0.1, 0.15) is 10.4 Å². The number of Topliss-reactive ketones (excluding diaryl/α,β-unsaturated/α-hetero) is 1. The fourth-order valence-electron chi connectivity index (χ4n) is 1.02. The van der Waals surface area contributed by atoms with Crippen LogP contribution < -0.4 is 0 Å². The summed E-state index contributed by atoms with van der Waals surface area (Å²) < 4.78 is 4.60. The molecule has 0 atom stereocenters. The topological polar surface area (TPSA) is 66.8 Å². The molecule has 0 saturated heterocycles. The first-order chi connectivity index (χ1) is 6.16. The van der Waals surface area contributed by atoms with Gasteiger partial charge in [0.25, 0.3) is 0 Å². The lowest BCUT2D eigenvalue weighted by atomic mass is 10.1. The molecule has 13 heavy (non-hydrogen) atoms. The molecule has 0 amide bonds. The zero-order valence-corrected chi connectivity index (χ0v) is 7.15. The fourth-order valence-corrected chi connectivity index (χ4v) is 1.02. The first kappa shape index (κ1) is 9.54. The molecule has 0 radical (unpaired) electrons. The van der Waals surface area contributed by atoms with Gasteiger partial charge in [0, 0.05) is 7.11 Å². The second-order valence-electron chi connectivity index (χ2n) is 2.53. The number of aromatic hydroxyl groups is 2. The first-order valence-electron chi connectivity index (χ1n) is 3.70. The molecule has 1 rings (SSSR count). The zero-order valence-electron chi connectivity index (χ0n) is 7.15. The van der Waals surface area contributed by atoms with Crippen LogP contribution in [0.5, 0.6) is 11.5 Å². The number of ether oxygens (including phenoxy) is 1. The number of hydrogen-bond donors (Lipinski definition) is 2. The highest BCUT2D eigenvalue weighted by Gasteiger charge is 2.14. The third-order valence-corrected chi connectivity index (χ3v) is 1.57. The summed E-state index contributed by atoms with van der Waals surface area (Å²) in [5.41, 5.74) is -0.0932. The molecule has 4 heteroatoms. The van der Waals surface area contributed by atoms with E-state index in [9.17, 15) is 15.0 Å². The van der Waals surface area contributed by atoms with Gasteiger partial charge in [-0.2, -0.15) is 0 Å². The number of carbonyl (C=O) groups is 1. The van der Waals surface area contributed by atoms with Gasteiger partial charge in [0.2, 0.25) is 0 Å². The third kappa shape index (κ3) is 1.97. The molecular weight excluding hydrogens is 172 g/mol. The van der Waals surface area contributed by atoms with Gasteiger partial charge < -0.3 is 14.9 Å². The van der Waals surface area contributed by atoms with Crippen molar-refractivity contribution in [3.05, 3.63) is 23.8 Å². The molecule has 0 aliphatic rings. The molecule has 1 aromatic rings. The zero-order chi connectivity index (χ0) is 9.84. The molecular formula is C9H10O4. The highest BCUT2D eigenvalue weighted by atomic mass is 16.5. The minimum absolute atomic E-state index is 0.0932. The molecule has 0 aromatic heterocycles. The van der Waals surface area contributed by atoms with E-state index in [0.717, 1.165) is 0 Å². The van der Waals surface area contributed by atoms with Gasteiger partial charge in [0.05, 0.1) is 0 Å². The minimum Gasteiger partial charge on any atom is -0.507 e. The van der Waals surface area contributed by atoms with Crippen molar-refractivity contribution in [3.63, 3.8) is 0 Å². The molecule has 0 bridgehead atoms. The van der Waals surface area contributed by atoms with Crippen molar-refractivity contribution in [1.82, 2.24) is 0 Å². The van der Waals surface area contributed by atoms with E-state index in [1.807, 2.05) is 0 Å². The lowest BCUT2D eigenvalue weighted by Gasteiger charge is -2.04. The average molecular weight is 182 g/mol. The normalized spacial score (nSPS) is 9.92. The van der Waals surface area contributed by atoms with E-state index in [-0.39, 0.29) is 23.7 Å². The number of hydrogen-bond acceptors (Lipinski definition) is 4. The third-order valence-electron chi connectivity index (χ3n) is 1.57. The van der Waals surface area contributed by atoms with Crippen molar-refractivity contribution in [3.8, 4) is 11.5 Å². The Labute approximate surface area is 75.4 Å². The Morgan fingerprint density at radius 3 is 2.38 bits per heavy atom. The van der Waals surface area contributed by atoms with E-state index >= 15 is 0 Å². The maximum atomic E-state index is 11.2. The Morgan fingerprint density at radius 2 is 1.92 bits per heavy atom. The molecule has 2 N–H and O–H groups in total. The van der Waals surface area contributed by atoms with Crippen LogP contribution in [-0.2, 0) is 4.74 Å². The van der Waals surface area contributed by atoms with Gasteiger partial charge in [-0.1, -0.05) is 6.07 Å². The quantitative estimate of drug-likeness (QED) is 0.682. The van der Waals surface area contributed by atoms with Crippen LogP contribution in [0, 0.1) is 0 Å². The summed E-state index contributed by atoms with van der Waals surface area (Å²) in [6.07, 6.45) is 0. The van der Waals surface area contributed by atoms with Crippen molar-refractivity contribution in [2.45, 2.75) is 0 Å². The Hall–Kier alpha value is -1.55. The van der Waals surface area contributed by atoms with E-state index < -0.39 is 5.78 Å². The number of methoxy groups -OCH3 is 1. The largest absolute Gasteiger partial charge is 0.507 e. The summed E-state index contributed by atoms with van der Waals surface area (Å²) in [6.45, 7) is -0.162. The highest BCUT2D eigenvalue weighted by Crippen LogP contribution is 2.26. The standard InChI is InChI=1S/C9H10O4/c1-13-5-8(12)9-6(10)3-2-4-7(9)11/h2-4,10-11H,5H2,1H3. The number of phenolic OH excluding ortho intramolecular Hbond substituents is 2. The SMILES string of the molecule is COCC(=O)c1c(O)cccc1O. The molecule has 70 valence electrons. The van der Waals surface area contributed by atoms with Crippen LogP contribution in [-0.4, -0.2) is 29.7 Å². The Kier molecular flexibility index (Phi) is 2.87. The summed E-state index contributed by atoms with van der Waals surface area (Å²) in [6, 6.07) is 4.12. The van der Waals surface area contributed by atoms with E-state index in [1.165, 1.54) is 25.3 Å². The van der Waals surface area contributed by atoms with Gasteiger partial charge in [0.15, 0.2) is 5.78 Å². The maximum Gasteiger partial charge on any atom is 0.195 e. The van der Waals surface area contributed by atoms with Gasteiger partial charge in [-0.05, 0) is 12.1 Å². The lowest BCUT2D eigenvalue weighted by Crippen LogP contribution is -2.07. The van der Waals surface area contributed by atoms with Crippen LogP contribution in [0.2, 0.25) is 0 Å². The number of benzene rings is 1.